The highest BCUT2D eigenvalue weighted by Gasteiger charge is 2.32. The maximum atomic E-state index is 14.0. The van der Waals surface area contributed by atoms with Crippen LogP contribution in [0.4, 0.5) is 0 Å². The van der Waals surface area contributed by atoms with Crippen LogP contribution in [0.15, 0.2) is 77.8 Å². The van der Waals surface area contributed by atoms with E-state index in [0.717, 1.165) is 21.9 Å². The Hall–Kier alpha value is -6.03. The van der Waals surface area contributed by atoms with Gasteiger partial charge in [-0.2, -0.15) is 0 Å². The number of nitrogens with two attached hydrogens (primary N) is 3. The number of rotatable bonds is 24. The summed E-state index contributed by atoms with van der Waals surface area (Å²) >= 11 is 0. The van der Waals surface area contributed by atoms with E-state index in [1.807, 2.05) is 88.4 Å². The lowest BCUT2D eigenvalue weighted by Gasteiger charge is -2.29. The SMILES string of the molecule is CC(=O)N[C@@H](Cc1cccc2ccccc12)C(=O)N[C@@H](CCCN=C(N)N)C(=O)N[C@@H](CC(C)C)[C@@H](O)CC(=O)N[C@@H](CC(C)C)C(=O)N[C@@H](Cc1ccccc1)C(N)=O. The van der Waals surface area contributed by atoms with Gasteiger partial charge in [0.1, 0.15) is 24.2 Å². The molecule has 16 heteroatoms. The zero-order chi connectivity index (χ0) is 44.4. The molecule has 6 amide bonds. The molecule has 0 fully saturated rings. The number of nitrogens with zero attached hydrogens (tertiary/aromatic N) is 1. The molecule has 16 nitrogen and oxygen atoms in total. The van der Waals surface area contributed by atoms with E-state index in [9.17, 15) is 33.9 Å². The van der Waals surface area contributed by atoms with E-state index in [4.69, 9.17) is 17.2 Å². The molecule has 326 valence electrons. The van der Waals surface area contributed by atoms with Crippen molar-refractivity contribution in [1.29, 1.82) is 0 Å². The van der Waals surface area contributed by atoms with Crippen LogP contribution in [0.1, 0.15) is 77.8 Å². The molecule has 3 rings (SSSR count). The molecule has 6 atom stereocenters. The fourth-order valence-electron chi connectivity index (χ4n) is 6.93. The lowest BCUT2D eigenvalue weighted by Crippen LogP contribution is -2.57. The monoisotopic (exact) mass is 829 g/mol. The van der Waals surface area contributed by atoms with E-state index in [-0.39, 0.29) is 56.4 Å². The standard InChI is InChI=1S/C44H63N9O7/c1-26(2)21-34(38(55)25-39(56)50-36(22-27(3)4)42(59)53-35(40(45)57)23-29-13-7-6-8-14-29)52-41(58)33(19-12-20-48-44(46)47)51-43(60)37(49-28(5)54)24-31-17-11-16-30-15-9-10-18-32(30)31/h6-11,13-18,26-27,33-38,55H,12,19-25H2,1-5H3,(H2,45,57)(H,49,54)(H,50,56)(H,51,60)(H,52,58)(H,53,59)(H4,46,47,48)/t33-,34-,35-,36-,37-,38-/m0/s1. The van der Waals surface area contributed by atoms with E-state index >= 15 is 0 Å². The number of hydrogen-bond acceptors (Lipinski definition) is 8. The van der Waals surface area contributed by atoms with E-state index in [2.05, 4.69) is 31.6 Å². The minimum Gasteiger partial charge on any atom is -0.390 e. The number of benzene rings is 3. The Labute approximate surface area is 352 Å². The smallest absolute Gasteiger partial charge is 0.243 e. The van der Waals surface area contributed by atoms with Gasteiger partial charge in [0.2, 0.25) is 35.4 Å². The van der Waals surface area contributed by atoms with Gasteiger partial charge in [0.15, 0.2) is 5.96 Å². The van der Waals surface area contributed by atoms with Gasteiger partial charge >= 0.3 is 0 Å². The minimum atomic E-state index is -1.40. The summed E-state index contributed by atoms with van der Waals surface area (Å²) in [6.07, 6.45) is -0.669. The van der Waals surface area contributed by atoms with E-state index in [1.165, 1.54) is 6.92 Å². The molecule has 0 spiro atoms. The number of fused-ring (bicyclic) bond motifs is 1. The summed E-state index contributed by atoms with van der Waals surface area (Å²) in [6.45, 7) is 9.00. The maximum Gasteiger partial charge on any atom is 0.243 e. The highest BCUT2D eigenvalue weighted by atomic mass is 16.3. The summed E-state index contributed by atoms with van der Waals surface area (Å²) in [5.74, 6) is -3.85. The van der Waals surface area contributed by atoms with Crippen LogP contribution in [0.5, 0.6) is 0 Å². The number of aliphatic hydroxyl groups is 1. The maximum absolute atomic E-state index is 14.0. The normalized spacial score (nSPS) is 14.2. The average molecular weight is 830 g/mol. The Balaban J connectivity index is 1.78. The van der Waals surface area contributed by atoms with Crippen molar-refractivity contribution in [2.75, 3.05) is 6.54 Å². The molecule has 0 heterocycles. The van der Waals surface area contributed by atoms with Crippen LogP contribution in [-0.4, -0.2) is 89.4 Å². The summed E-state index contributed by atoms with van der Waals surface area (Å²) in [7, 11) is 0. The summed E-state index contributed by atoms with van der Waals surface area (Å²) in [6, 6.07) is 17.2. The van der Waals surface area contributed by atoms with Crippen molar-refractivity contribution < 1.29 is 33.9 Å². The Bertz CT molecular complexity index is 1930. The van der Waals surface area contributed by atoms with E-state index < -0.39 is 78.2 Å². The molecule has 0 aromatic heterocycles. The van der Waals surface area contributed by atoms with Crippen molar-refractivity contribution in [3.8, 4) is 0 Å². The Morgan fingerprint density at radius 2 is 1.25 bits per heavy atom. The zero-order valence-electron chi connectivity index (χ0n) is 35.3. The summed E-state index contributed by atoms with van der Waals surface area (Å²) < 4.78 is 0. The van der Waals surface area contributed by atoms with Crippen molar-refractivity contribution in [3.63, 3.8) is 0 Å². The van der Waals surface area contributed by atoms with Crippen molar-refractivity contribution in [2.24, 2.45) is 34.0 Å². The van der Waals surface area contributed by atoms with Crippen LogP contribution < -0.4 is 43.8 Å². The second-order valence-corrected chi connectivity index (χ2v) is 16.0. The minimum absolute atomic E-state index is 0.0310. The fraction of sp³-hybridized carbons (Fsp3) is 0.477. The van der Waals surface area contributed by atoms with Gasteiger partial charge in [-0.05, 0) is 59.4 Å². The third kappa shape index (κ3) is 16.7. The van der Waals surface area contributed by atoms with Gasteiger partial charge in [-0.1, -0.05) is 100 Å². The molecule has 0 unspecified atom stereocenters. The Kier molecular flexibility index (Phi) is 19.5. The molecule has 0 saturated heterocycles. The molecule has 12 N–H and O–H groups in total. The quantitative estimate of drug-likeness (QED) is 0.0359. The molecule has 0 saturated carbocycles. The number of carbonyl (C=O) groups is 6. The van der Waals surface area contributed by atoms with Gasteiger partial charge in [0.05, 0.1) is 18.6 Å². The van der Waals surface area contributed by atoms with Gasteiger partial charge < -0.3 is 48.9 Å². The van der Waals surface area contributed by atoms with E-state index in [1.54, 1.807) is 12.1 Å². The van der Waals surface area contributed by atoms with E-state index in [0.29, 0.717) is 6.42 Å². The second kappa shape index (κ2) is 24.1. The van der Waals surface area contributed by atoms with Crippen molar-refractivity contribution in [3.05, 3.63) is 83.9 Å². The summed E-state index contributed by atoms with van der Waals surface area (Å²) in [5, 5.41) is 27.1. The van der Waals surface area contributed by atoms with Gasteiger partial charge in [-0.15, -0.1) is 0 Å². The third-order valence-electron chi connectivity index (χ3n) is 9.79. The van der Waals surface area contributed by atoms with Crippen molar-refractivity contribution in [2.45, 2.75) is 116 Å². The Morgan fingerprint density at radius 3 is 1.88 bits per heavy atom. The summed E-state index contributed by atoms with van der Waals surface area (Å²) in [4.78, 5) is 83.5. The van der Waals surface area contributed by atoms with Crippen molar-refractivity contribution >= 4 is 52.2 Å². The number of amides is 6. The first kappa shape index (κ1) is 48.3. The van der Waals surface area contributed by atoms with Crippen molar-refractivity contribution in [1.82, 2.24) is 26.6 Å². The predicted molar refractivity (Wildman–Crippen MR) is 232 cm³/mol. The molecular formula is C44H63N9O7. The van der Waals surface area contributed by atoms with Crippen LogP contribution >= 0.6 is 0 Å². The molecule has 0 radical (unpaired) electrons. The van der Waals surface area contributed by atoms with Crippen LogP contribution in [0.3, 0.4) is 0 Å². The number of aliphatic imine (C=N–C) groups is 1. The number of carbonyl (C=O) groups excluding carboxylic acids is 6. The summed E-state index contributed by atoms with van der Waals surface area (Å²) in [5.41, 5.74) is 18.2. The fourth-order valence-corrected chi connectivity index (χ4v) is 6.93. The number of hydrogen-bond donors (Lipinski definition) is 9. The van der Waals surface area contributed by atoms with Crippen LogP contribution in [0, 0.1) is 11.8 Å². The van der Waals surface area contributed by atoms with Gasteiger partial charge in [0.25, 0.3) is 0 Å². The van der Waals surface area contributed by atoms with Crippen LogP contribution in [-0.2, 0) is 41.6 Å². The molecule has 0 aliphatic carbocycles. The van der Waals surface area contributed by atoms with Gasteiger partial charge in [-0.3, -0.25) is 33.8 Å². The molecule has 60 heavy (non-hydrogen) atoms. The number of aliphatic hydroxyl groups excluding tert-OH is 1. The number of primary amides is 1. The lowest BCUT2D eigenvalue weighted by atomic mass is 9.95. The average Bonchev–Trinajstić information content (AvgIpc) is 3.17. The van der Waals surface area contributed by atoms with Gasteiger partial charge in [-0.25, -0.2) is 0 Å². The number of guanidine groups is 1. The van der Waals surface area contributed by atoms with Crippen LogP contribution in [0.25, 0.3) is 10.8 Å². The first-order valence-electron chi connectivity index (χ1n) is 20.4. The first-order valence-corrected chi connectivity index (χ1v) is 20.4. The zero-order valence-corrected chi connectivity index (χ0v) is 35.3. The Morgan fingerprint density at radius 1 is 0.650 bits per heavy atom. The van der Waals surface area contributed by atoms with Crippen LogP contribution in [0.2, 0.25) is 0 Å². The molecule has 0 aliphatic heterocycles. The highest BCUT2D eigenvalue weighted by Crippen LogP contribution is 2.20. The molecule has 0 aliphatic rings. The first-order chi connectivity index (χ1) is 28.4. The van der Waals surface area contributed by atoms with Gasteiger partial charge in [0, 0.05) is 26.3 Å². The lowest BCUT2D eigenvalue weighted by molar-refractivity contribution is -0.133. The highest BCUT2D eigenvalue weighted by molar-refractivity contribution is 5.94. The number of nitrogens with one attached hydrogen (secondary N) is 5. The molecule has 3 aromatic rings. The molecular weight excluding hydrogens is 767 g/mol. The third-order valence-corrected chi connectivity index (χ3v) is 9.79. The largest absolute Gasteiger partial charge is 0.390 e. The predicted octanol–water partition coefficient (Wildman–Crippen LogP) is 1.45. The molecule has 0 bridgehead atoms. The molecule has 3 aromatic carbocycles. The second-order valence-electron chi connectivity index (χ2n) is 16.0. The topological polar surface area (TPSA) is 273 Å².